The number of aliphatic hydroxyl groups is 1. The van der Waals surface area contributed by atoms with Crippen LogP contribution in [0.4, 0.5) is 14.5 Å². The fourth-order valence-electron chi connectivity index (χ4n) is 4.09. The van der Waals surface area contributed by atoms with Crippen molar-refractivity contribution < 1.29 is 13.9 Å². The summed E-state index contributed by atoms with van der Waals surface area (Å²) in [6.45, 7) is 5.55. The number of fused-ring (bicyclic) bond motifs is 2. The third-order valence-corrected chi connectivity index (χ3v) is 5.58. The van der Waals surface area contributed by atoms with Gasteiger partial charge in [0, 0.05) is 28.4 Å². The average Bonchev–Trinajstić information content (AvgIpc) is 2.98. The fourth-order valence-corrected chi connectivity index (χ4v) is 4.09. The Hall–Kier alpha value is -2.44. The highest BCUT2D eigenvalue weighted by Crippen LogP contribution is 2.44. The van der Waals surface area contributed by atoms with E-state index in [1.54, 1.807) is 33.0 Å². The Morgan fingerprint density at radius 3 is 2.67 bits per heavy atom. The van der Waals surface area contributed by atoms with E-state index >= 15 is 8.78 Å². The number of anilines is 1. The van der Waals surface area contributed by atoms with Gasteiger partial charge in [-0.2, -0.15) is 0 Å². The van der Waals surface area contributed by atoms with Gasteiger partial charge in [0.1, 0.15) is 11.6 Å². The Morgan fingerprint density at radius 1 is 1.22 bits per heavy atom. The van der Waals surface area contributed by atoms with Gasteiger partial charge in [0.05, 0.1) is 28.8 Å². The lowest BCUT2D eigenvalue weighted by Crippen LogP contribution is -2.53. The van der Waals surface area contributed by atoms with Gasteiger partial charge in [-0.05, 0) is 39.4 Å². The molecule has 2 aromatic carbocycles. The second-order valence-corrected chi connectivity index (χ2v) is 7.77. The van der Waals surface area contributed by atoms with Crippen LogP contribution in [0.2, 0.25) is 0 Å². The molecule has 2 atom stereocenters. The molecule has 0 saturated carbocycles. The van der Waals surface area contributed by atoms with Crippen molar-refractivity contribution in [1.82, 2.24) is 10.3 Å². The summed E-state index contributed by atoms with van der Waals surface area (Å²) in [5, 5.41) is 17.7. The van der Waals surface area contributed by atoms with Crippen LogP contribution < -0.4 is 10.6 Å². The van der Waals surface area contributed by atoms with Gasteiger partial charge in [-0.15, -0.1) is 0 Å². The van der Waals surface area contributed by atoms with Gasteiger partial charge in [-0.3, -0.25) is 0 Å². The zero-order chi connectivity index (χ0) is 19.5. The Balaban J connectivity index is 2.01. The van der Waals surface area contributed by atoms with E-state index in [0.717, 1.165) is 10.9 Å². The van der Waals surface area contributed by atoms with Crippen LogP contribution in [0.1, 0.15) is 31.0 Å². The molecule has 6 heteroatoms. The minimum absolute atomic E-state index is 0.0878. The molecule has 27 heavy (non-hydrogen) atoms. The molecule has 2 heterocycles. The van der Waals surface area contributed by atoms with Crippen molar-refractivity contribution in [2.75, 3.05) is 12.4 Å². The lowest BCUT2D eigenvalue weighted by molar-refractivity contribution is 0.0701. The molecule has 0 spiro atoms. The van der Waals surface area contributed by atoms with E-state index in [1.807, 2.05) is 19.2 Å². The molecule has 4 nitrogen and oxygen atoms in total. The number of para-hydroxylation sites is 1. The highest BCUT2D eigenvalue weighted by atomic mass is 19.1. The minimum atomic E-state index is -0.883. The van der Waals surface area contributed by atoms with Crippen molar-refractivity contribution in [3.8, 4) is 11.1 Å². The van der Waals surface area contributed by atoms with E-state index in [0.29, 0.717) is 16.8 Å². The van der Waals surface area contributed by atoms with Gasteiger partial charge in [-0.25, -0.2) is 8.78 Å². The molecule has 0 aliphatic carbocycles. The maximum atomic E-state index is 15.7. The first-order valence-corrected chi connectivity index (χ1v) is 8.98. The summed E-state index contributed by atoms with van der Waals surface area (Å²) < 4.78 is 30.7. The number of benzene rings is 2. The average molecular weight is 371 g/mol. The van der Waals surface area contributed by atoms with Gasteiger partial charge >= 0.3 is 0 Å². The predicted molar refractivity (Wildman–Crippen MR) is 104 cm³/mol. The number of nitrogens with one attached hydrogen (secondary N) is 3. The number of likely N-dealkylation sites (N-methyl/N-ethyl adjacent to an activating group) is 1. The quantitative estimate of drug-likeness (QED) is 0.545. The molecule has 0 radical (unpaired) electrons. The molecule has 142 valence electrons. The molecule has 3 aromatic rings. The van der Waals surface area contributed by atoms with E-state index in [9.17, 15) is 5.11 Å². The first kappa shape index (κ1) is 17.9. The van der Waals surface area contributed by atoms with Crippen LogP contribution in [0.5, 0.6) is 0 Å². The number of aryl methyl sites for hydroxylation is 1. The van der Waals surface area contributed by atoms with Crippen LogP contribution in [0.25, 0.3) is 22.0 Å². The molecule has 0 fully saturated rings. The maximum Gasteiger partial charge on any atom is 0.140 e. The highest BCUT2D eigenvalue weighted by Gasteiger charge is 2.42. The van der Waals surface area contributed by atoms with Crippen LogP contribution in [-0.4, -0.2) is 28.8 Å². The van der Waals surface area contributed by atoms with Gasteiger partial charge in [0.25, 0.3) is 0 Å². The van der Waals surface area contributed by atoms with Crippen LogP contribution >= 0.6 is 0 Å². The first-order chi connectivity index (χ1) is 12.8. The van der Waals surface area contributed by atoms with Crippen molar-refractivity contribution >= 4 is 16.6 Å². The molecule has 0 amide bonds. The highest BCUT2D eigenvalue weighted by molar-refractivity contribution is 5.96. The third-order valence-electron chi connectivity index (χ3n) is 5.58. The SMILES string of the molecule is CN[C@H]1c2c(cc(F)c(-c3cccc4c(C)c[nH]c34)c2F)NC(C)(C)C1O. The van der Waals surface area contributed by atoms with Crippen LogP contribution in [0.15, 0.2) is 30.5 Å². The molecule has 4 N–H and O–H groups in total. The number of hydrogen-bond acceptors (Lipinski definition) is 3. The number of halogens is 2. The first-order valence-electron chi connectivity index (χ1n) is 8.98. The number of aliphatic hydroxyl groups excluding tert-OH is 1. The number of aromatic nitrogens is 1. The third kappa shape index (κ3) is 2.55. The van der Waals surface area contributed by atoms with E-state index in [4.69, 9.17) is 0 Å². The molecule has 1 aliphatic heterocycles. The standard InChI is InChI=1S/C21H23F2N3O/c1-10-9-25-18-11(10)6-5-7-12(18)15-13(22)8-14-16(17(15)23)19(24-4)20(27)21(2,3)26-14/h5-9,19-20,24-27H,1-4H3/t19-,20?/m0/s1. The second-order valence-electron chi connectivity index (χ2n) is 7.77. The van der Waals surface area contributed by atoms with E-state index in [2.05, 4.69) is 15.6 Å². The molecule has 1 unspecified atom stereocenters. The van der Waals surface area contributed by atoms with Crippen molar-refractivity contribution in [2.45, 2.75) is 38.5 Å². The molecular weight excluding hydrogens is 348 g/mol. The lowest BCUT2D eigenvalue weighted by Gasteiger charge is -2.43. The number of aromatic amines is 1. The van der Waals surface area contributed by atoms with Crippen LogP contribution in [-0.2, 0) is 0 Å². The lowest BCUT2D eigenvalue weighted by atomic mass is 9.81. The molecule has 4 rings (SSSR count). The summed E-state index contributed by atoms with van der Waals surface area (Å²) in [7, 11) is 1.66. The van der Waals surface area contributed by atoms with E-state index < -0.39 is 29.3 Å². The zero-order valence-electron chi connectivity index (χ0n) is 15.7. The van der Waals surface area contributed by atoms with Crippen LogP contribution in [0, 0.1) is 18.6 Å². The Labute approximate surface area is 156 Å². The van der Waals surface area contributed by atoms with E-state index in [1.165, 1.54) is 6.07 Å². The normalized spacial score (nSPS) is 21.1. The monoisotopic (exact) mass is 371 g/mol. The summed E-state index contributed by atoms with van der Waals surface area (Å²) in [4.78, 5) is 3.12. The Bertz CT molecular complexity index is 1040. The smallest absolute Gasteiger partial charge is 0.140 e. The van der Waals surface area contributed by atoms with Crippen molar-refractivity contribution in [1.29, 1.82) is 0 Å². The van der Waals surface area contributed by atoms with Gasteiger partial charge in [0.2, 0.25) is 0 Å². The van der Waals surface area contributed by atoms with Gasteiger partial charge < -0.3 is 20.7 Å². The van der Waals surface area contributed by atoms with Gasteiger partial charge in [0.15, 0.2) is 0 Å². The summed E-state index contributed by atoms with van der Waals surface area (Å²) in [6.07, 6.45) is 0.943. The molecule has 1 aliphatic rings. The number of H-pyrrole nitrogens is 1. The van der Waals surface area contributed by atoms with E-state index in [-0.39, 0.29) is 11.1 Å². The zero-order valence-corrected chi connectivity index (χ0v) is 15.7. The molecular formula is C21H23F2N3O. The van der Waals surface area contributed by atoms with Gasteiger partial charge in [-0.1, -0.05) is 18.2 Å². The fraction of sp³-hybridized carbons (Fsp3) is 0.333. The minimum Gasteiger partial charge on any atom is -0.389 e. The van der Waals surface area contributed by atoms with Crippen molar-refractivity contribution in [3.63, 3.8) is 0 Å². The Morgan fingerprint density at radius 2 is 1.96 bits per heavy atom. The van der Waals surface area contributed by atoms with Crippen molar-refractivity contribution in [3.05, 3.63) is 53.2 Å². The predicted octanol–water partition coefficient (Wildman–Crippen LogP) is 4.25. The summed E-state index contributed by atoms with van der Waals surface area (Å²) >= 11 is 0. The Kier molecular flexibility index (Phi) is 4.01. The molecule has 1 aromatic heterocycles. The second kappa shape index (κ2) is 6.04. The summed E-state index contributed by atoms with van der Waals surface area (Å²) in [5.41, 5.74) is 1.97. The molecule has 0 bridgehead atoms. The maximum absolute atomic E-state index is 15.7. The van der Waals surface area contributed by atoms with Crippen LogP contribution in [0.3, 0.4) is 0 Å². The number of hydrogen-bond donors (Lipinski definition) is 4. The number of rotatable bonds is 2. The summed E-state index contributed by atoms with van der Waals surface area (Å²) in [5.74, 6) is -1.30. The van der Waals surface area contributed by atoms with Crippen molar-refractivity contribution in [2.24, 2.45) is 0 Å². The topological polar surface area (TPSA) is 60.1 Å². The summed E-state index contributed by atoms with van der Waals surface area (Å²) in [6, 6.07) is 6.09. The largest absolute Gasteiger partial charge is 0.389 e. The molecule has 0 saturated heterocycles.